The molecule has 0 radical (unpaired) electrons. The maximum absolute atomic E-state index is 14.9. The summed E-state index contributed by atoms with van der Waals surface area (Å²) in [5.41, 5.74) is 1.79. The molecule has 26 heavy (non-hydrogen) atoms. The van der Waals surface area contributed by atoms with Crippen molar-refractivity contribution in [3.8, 4) is 0 Å². The van der Waals surface area contributed by atoms with Crippen LogP contribution in [0.15, 0.2) is 55.2 Å². The second kappa shape index (κ2) is 7.47. The summed E-state index contributed by atoms with van der Waals surface area (Å²) in [6, 6.07) is 5.68. The Labute approximate surface area is 180 Å². The number of thioether (sulfide) groups is 1. The molecule has 1 aliphatic heterocycles. The molecule has 2 aliphatic rings. The van der Waals surface area contributed by atoms with E-state index in [4.69, 9.17) is 23.2 Å². The van der Waals surface area contributed by atoms with Gasteiger partial charge in [-0.25, -0.2) is 8.78 Å². The van der Waals surface area contributed by atoms with Gasteiger partial charge < -0.3 is 0 Å². The Kier molecular flexibility index (Phi) is 5.97. The summed E-state index contributed by atoms with van der Waals surface area (Å²) >= 11 is 21.4. The number of rotatable bonds is 3. The van der Waals surface area contributed by atoms with Crippen LogP contribution in [0.4, 0.5) is 8.78 Å². The predicted octanol–water partition coefficient (Wildman–Crippen LogP) is 8.12. The number of hydrogen-bond acceptors (Lipinski definition) is 2. The van der Waals surface area contributed by atoms with E-state index in [9.17, 15) is 8.78 Å². The SMILES string of the molecule is CC1C(Cl)=CC(Cl)=CC1C1(C(C)(F)F)CC(c2ccc(S)c(Br)c2)=CS1. The highest BCUT2D eigenvalue weighted by Gasteiger charge is 2.58. The van der Waals surface area contributed by atoms with Crippen LogP contribution in [0.3, 0.4) is 0 Å². The van der Waals surface area contributed by atoms with Crippen molar-refractivity contribution < 1.29 is 8.78 Å². The van der Waals surface area contributed by atoms with E-state index in [1.165, 1.54) is 11.8 Å². The first-order valence-electron chi connectivity index (χ1n) is 8.03. The Morgan fingerprint density at radius 1 is 1.35 bits per heavy atom. The summed E-state index contributed by atoms with van der Waals surface area (Å²) < 4.78 is 29.3. The molecule has 0 N–H and O–H groups in total. The maximum Gasteiger partial charge on any atom is 0.261 e. The minimum absolute atomic E-state index is 0.225. The number of halogens is 5. The van der Waals surface area contributed by atoms with Crippen molar-refractivity contribution in [1.82, 2.24) is 0 Å². The predicted molar refractivity (Wildman–Crippen MR) is 115 cm³/mol. The summed E-state index contributed by atoms with van der Waals surface area (Å²) in [5.74, 6) is -3.62. The molecule has 0 amide bonds. The first-order chi connectivity index (χ1) is 12.0. The van der Waals surface area contributed by atoms with E-state index >= 15 is 0 Å². The van der Waals surface area contributed by atoms with Gasteiger partial charge in [0.05, 0.1) is 4.75 Å². The minimum atomic E-state index is -2.92. The monoisotopic (exact) mass is 496 g/mol. The zero-order valence-corrected chi connectivity index (χ0v) is 18.9. The molecule has 3 rings (SSSR count). The van der Waals surface area contributed by atoms with Gasteiger partial charge >= 0.3 is 0 Å². The third-order valence-corrected chi connectivity index (χ3v) is 8.69. The molecule has 0 saturated carbocycles. The molecule has 0 saturated heterocycles. The van der Waals surface area contributed by atoms with Crippen molar-refractivity contribution >= 4 is 69.1 Å². The van der Waals surface area contributed by atoms with Gasteiger partial charge in [-0.1, -0.05) is 42.3 Å². The Morgan fingerprint density at radius 2 is 2.04 bits per heavy atom. The van der Waals surface area contributed by atoms with Gasteiger partial charge in [-0.15, -0.1) is 24.4 Å². The van der Waals surface area contributed by atoms with Crippen LogP contribution in [0, 0.1) is 11.8 Å². The number of hydrogen-bond donors (Lipinski definition) is 1. The van der Waals surface area contributed by atoms with E-state index in [1.807, 2.05) is 30.5 Å². The highest BCUT2D eigenvalue weighted by atomic mass is 79.9. The van der Waals surface area contributed by atoms with Crippen molar-refractivity contribution in [2.45, 2.75) is 35.8 Å². The lowest BCUT2D eigenvalue weighted by atomic mass is 9.73. The molecule has 1 aliphatic carbocycles. The topological polar surface area (TPSA) is 0 Å². The molecule has 0 fully saturated rings. The number of thiol groups is 1. The van der Waals surface area contributed by atoms with Crippen molar-refractivity contribution in [1.29, 1.82) is 0 Å². The lowest BCUT2D eigenvalue weighted by Crippen LogP contribution is -2.50. The van der Waals surface area contributed by atoms with Crippen molar-refractivity contribution in [2.75, 3.05) is 0 Å². The molecule has 0 bridgehead atoms. The van der Waals surface area contributed by atoms with Crippen LogP contribution in [0.1, 0.15) is 25.8 Å². The summed E-state index contributed by atoms with van der Waals surface area (Å²) in [4.78, 5) is 0.805. The number of benzene rings is 1. The van der Waals surface area contributed by atoms with Crippen LogP contribution < -0.4 is 0 Å². The Bertz CT molecular complexity index is 829. The molecule has 3 atom stereocenters. The van der Waals surface area contributed by atoms with E-state index in [0.29, 0.717) is 10.1 Å². The van der Waals surface area contributed by atoms with Gasteiger partial charge in [0.1, 0.15) is 0 Å². The van der Waals surface area contributed by atoms with Gasteiger partial charge in [-0.05, 0) is 63.0 Å². The molecule has 0 spiro atoms. The molecule has 0 aromatic heterocycles. The fourth-order valence-corrected chi connectivity index (χ4v) is 6.03. The lowest BCUT2D eigenvalue weighted by molar-refractivity contribution is -0.0375. The molecule has 0 nitrogen and oxygen atoms in total. The van der Waals surface area contributed by atoms with Crippen LogP contribution in [-0.4, -0.2) is 10.7 Å². The molecular formula is C19H17BrCl2F2S2. The van der Waals surface area contributed by atoms with Gasteiger partial charge in [0.25, 0.3) is 5.92 Å². The first-order valence-corrected chi connectivity index (χ1v) is 10.9. The second-order valence-electron chi connectivity index (χ2n) is 6.78. The van der Waals surface area contributed by atoms with Gasteiger partial charge in [-0.3, -0.25) is 0 Å². The second-order valence-corrected chi connectivity index (χ2v) is 10.2. The van der Waals surface area contributed by atoms with Gasteiger partial charge in [0.15, 0.2) is 0 Å². The zero-order chi connectivity index (χ0) is 19.3. The number of allylic oxidation sites excluding steroid dienone is 5. The van der Waals surface area contributed by atoms with Crippen molar-refractivity contribution in [2.24, 2.45) is 11.8 Å². The Balaban J connectivity index is 2.00. The third kappa shape index (κ3) is 3.67. The molecule has 1 aromatic rings. The first kappa shape index (κ1) is 20.8. The minimum Gasteiger partial charge on any atom is -0.206 e. The highest BCUT2D eigenvalue weighted by Crippen LogP contribution is 2.60. The van der Waals surface area contributed by atoms with E-state index in [-0.39, 0.29) is 12.3 Å². The summed E-state index contributed by atoms with van der Waals surface area (Å²) in [6.45, 7) is 2.87. The van der Waals surface area contributed by atoms with Gasteiger partial charge in [-0.2, -0.15) is 0 Å². The summed E-state index contributed by atoms with van der Waals surface area (Å²) in [7, 11) is 0. The third-order valence-electron chi connectivity index (χ3n) is 5.05. The fraction of sp³-hybridized carbons (Fsp3) is 0.368. The highest BCUT2D eigenvalue weighted by molar-refractivity contribution is 9.10. The van der Waals surface area contributed by atoms with E-state index in [1.54, 1.807) is 12.2 Å². The van der Waals surface area contributed by atoms with Crippen LogP contribution in [-0.2, 0) is 0 Å². The quantitative estimate of drug-likeness (QED) is 0.411. The average Bonchev–Trinajstić information content (AvgIpc) is 3.00. The van der Waals surface area contributed by atoms with Crippen LogP contribution in [0.2, 0.25) is 0 Å². The van der Waals surface area contributed by atoms with E-state index in [0.717, 1.165) is 27.4 Å². The summed E-state index contributed by atoms with van der Waals surface area (Å²) in [5, 5.41) is 2.78. The van der Waals surface area contributed by atoms with Crippen molar-refractivity contribution in [3.05, 3.63) is 55.9 Å². The maximum atomic E-state index is 14.9. The molecular weight excluding hydrogens is 481 g/mol. The molecule has 140 valence electrons. The Morgan fingerprint density at radius 3 is 2.65 bits per heavy atom. The van der Waals surface area contributed by atoms with E-state index in [2.05, 4.69) is 28.6 Å². The van der Waals surface area contributed by atoms with Gasteiger partial charge in [0.2, 0.25) is 0 Å². The zero-order valence-electron chi connectivity index (χ0n) is 14.1. The smallest absolute Gasteiger partial charge is 0.206 e. The average molecular weight is 498 g/mol. The lowest BCUT2D eigenvalue weighted by Gasteiger charge is -2.44. The van der Waals surface area contributed by atoms with Crippen LogP contribution in [0.5, 0.6) is 0 Å². The van der Waals surface area contributed by atoms with Crippen molar-refractivity contribution in [3.63, 3.8) is 0 Å². The standard InChI is InChI=1S/C19H17BrCl2F2S2/c1-10-14(6-13(21)7-16(10)22)19(18(2,23)24)8-12(9-26-19)11-3-4-17(25)15(20)5-11/h3-7,9-10,14,25H,8H2,1-2H3. The van der Waals surface area contributed by atoms with Crippen LogP contribution in [0.25, 0.3) is 5.57 Å². The Hall–Kier alpha value is 0.0600. The number of alkyl halides is 2. The molecule has 3 unspecified atom stereocenters. The van der Waals surface area contributed by atoms with Gasteiger partial charge in [0, 0.05) is 32.3 Å². The van der Waals surface area contributed by atoms with E-state index < -0.39 is 16.6 Å². The molecule has 1 heterocycles. The largest absolute Gasteiger partial charge is 0.261 e. The fourth-order valence-electron chi connectivity index (χ4n) is 3.50. The van der Waals surface area contributed by atoms with Crippen LogP contribution >= 0.6 is 63.5 Å². The molecule has 1 aromatic carbocycles. The summed E-state index contributed by atoms with van der Waals surface area (Å²) in [6.07, 6.45) is 3.60. The molecule has 7 heteroatoms. The normalized spacial score (nSPS) is 29.3.